The maximum atomic E-state index is 4.16. The lowest BCUT2D eigenvalue weighted by Gasteiger charge is -2.06. The Morgan fingerprint density at radius 1 is 1.28 bits per heavy atom. The number of nitrogens with zero attached hydrogens (tertiary/aromatic N) is 2. The van der Waals surface area contributed by atoms with Gasteiger partial charge in [0.05, 0.1) is 0 Å². The minimum atomic E-state index is 0.874. The fourth-order valence-corrected chi connectivity index (χ4v) is 2.02. The minimum absolute atomic E-state index is 0.874. The third-order valence-electron chi connectivity index (χ3n) is 3.09. The van der Waals surface area contributed by atoms with E-state index in [2.05, 4.69) is 53.2 Å². The molecule has 18 heavy (non-hydrogen) atoms. The van der Waals surface area contributed by atoms with Crippen LogP contribution < -0.4 is 5.32 Å². The summed E-state index contributed by atoms with van der Waals surface area (Å²) in [5, 5.41) is 3.46. The summed E-state index contributed by atoms with van der Waals surface area (Å²) in [6.45, 7) is 7.20. The van der Waals surface area contributed by atoms with E-state index in [-0.39, 0.29) is 0 Å². The van der Waals surface area contributed by atoms with Gasteiger partial charge in [0.15, 0.2) is 0 Å². The number of aromatic nitrogens is 2. The molecule has 0 saturated carbocycles. The molecule has 2 aromatic rings. The number of hydrogen-bond acceptors (Lipinski definition) is 2. The van der Waals surface area contributed by atoms with Crippen molar-refractivity contribution >= 4 is 0 Å². The van der Waals surface area contributed by atoms with Gasteiger partial charge in [-0.25, -0.2) is 0 Å². The zero-order chi connectivity index (χ0) is 12.8. The van der Waals surface area contributed by atoms with Crippen LogP contribution in [0.2, 0.25) is 0 Å². The van der Waals surface area contributed by atoms with Crippen LogP contribution in [-0.2, 0) is 19.6 Å². The lowest BCUT2D eigenvalue weighted by molar-refractivity contribution is 0.666. The van der Waals surface area contributed by atoms with Crippen molar-refractivity contribution in [1.29, 1.82) is 0 Å². The zero-order valence-electron chi connectivity index (χ0n) is 11.2. The van der Waals surface area contributed by atoms with Crippen molar-refractivity contribution in [3.63, 3.8) is 0 Å². The summed E-state index contributed by atoms with van der Waals surface area (Å²) in [5.41, 5.74) is 3.90. The number of aryl methyl sites for hydroxylation is 2. The van der Waals surface area contributed by atoms with Crippen molar-refractivity contribution < 1.29 is 0 Å². The molecule has 0 amide bonds. The summed E-state index contributed by atoms with van der Waals surface area (Å²) in [5.74, 6) is 0. The van der Waals surface area contributed by atoms with Gasteiger partial charge in [-0.15, -0.1) is 0 Å². The molecular formula is C15H21N3. The Bertz CT molecular complexity index is 488. The highest BCUT2D eigenvalue weighted by Crippen LogP contribution is 2.06. The van der Waals surface area contributed by atoms with Crippen LogP contribution in [0.25, 0.3) is 0 Å². The Morgan fingerprint density at radius 3 is 2.94 bits per heavy atom. The van der Waals surface area contributed by atoms with Crippen LogP contribution in [0.4, 0.5) is 0 Å². The largest absolute Gasteiger partial charge is 0.354 e. The standard InChI is InChI=1S/C15H21N3/c1-3-7-18-8-5-14(12-18)9-17-11-15-10-16-6-4-13(15)2/h4-6,8,10,12,17H,3,7,9,11H2,1-2H3. The molecular weight excluding hydrogens is 222 g/mol. The van der Waals surface area contributed by atoms with Crippen LogP contribution in [0, 0.1) is 6.92 Å². The van der Waals surface area contributed by atoms with Gasteiger partial charge in [-0.3, -0.25) is 4.98 Å². The van der Waals surface area contributed by atoms with Crippen molar-refractivity contribution in [3.8, 4) is 0 Å². The van der Waals surface area contributed by atoms with Gasteiger partial charge in [0, 0.05) is 44.4 Å². The van der Waals surface area contributed by atoms with E-state index in [1.165, 1.54) is 23.1 Å². The highest BCUT2D eigenvalue weighted by atomic mass is 14.9. The van der Waals surface area contributed by atoms with Crippen molar-refractivity contribution in [1.82, 2.24) is 14.9 Å². The highest BCUT2D eigenvalue weighted by Gasteiger charge is 1.99. The topological polar surface area (TPSA) is 29.9 Å². The van der Waals surface area contributed by atoms with E-state index in [1.807, 2.05) is 12.4 Å². The van der Waals surface area contributed by atoms with E-state index in [9.17, 15) is 0 Å². The first-order valence-electron chi connectivity index (χ1n) is 6.54. The molecule has 0 aliphatic carbocycles. The van der Waals surface area contributed by atoms with Crippen LogP contribution in [0.15, 0.2) is 36.9 Å². The molecule has 0 unspecified atom stereocenters. The molecule has 0 aliphatic rings. The smallest absolute Gasteiger partial charge is 0.0315 e. The van der Waals surface area contributed by atoms with Crippen molar-refractivity contribution in [2.45, 2.75) is 39.9 Å². The van der Waals surface area contributed by atoms with Crippen LogP contribution in [0.5, 0.6) is 0 Å². The molecule has 0 fully saturated rings. The lowest BCUT2D eigenvalue weighted by Crippen LogP contribution is -2.13. The van der Waals surface area contributed by atoms with Crippen LogP contribution in [0.1, 0.15) is 30.0 Å². The van der Waals surface area contributed by atoms with Gasteiger partial charge in [0.1, 0.15) is 0 Å². The van der Waals surface area contributed by atoms with E-state index in [0.717, 1.165) is 19.6 Å². The first-order valence-corrected chi connectivity index (χ1v) is 6.54. The first kappa shape index (κ1) is 12.8. The highest BCUT2D eigenvalue weighted by molar-refractivity contribution is 5.21. The summed E-state index contributed by atoms with van der Waals surface area (Å²) in [4.78, 5) is 4.16. The molecule has 3 heteroatoms. The zero-order valence-corrected chi connectivity index (χ0v) is 11.2. The van der Waals surface area contributed by atoms with Crippen LogP contribution in [-0.4, -0.2) is 9.55 Å². The van der Waals surface area contributed by atoms with Crippen LogP contribution >= 0.6 is 0 Å². The Morgan fingerprint density at radius 2 is 2.17 bits per heavy atom. The average molecular weight is 243 g/mol. The number of rotatable bonds is 6. The van der Waals surface area contributed by atoms with Gasteiger partial charge < -0.3 is 9.88 Å². The van der Waals surface area contributed by atoms with Gasteiger partial charge in [0.2, 0.25) is 0 Å². The molecule has 0 aliphatic heterocycles. The maximum Gasteiger partial charge on any atom is 0.0315 e. The normalized spacial score (nSPS) is 10.8. The molecule has 0 atom stereocenters. The van der Waals surface area contributed by atoms with Gasteiger partial charge in [-0.2, -0.15) is 0 Å². The molecule has 0 radical (unpaired) electrons. The minimum Gasteiger partial charge on any atom is -0.354 e. The summed E-state index contributed by atoms with van der Waals surface area (Å²) >= 11 is 0. The fourth-order valence-electron chi connectivity index (χ4n) is 2.02. The SMILES string of the molecule is CCCn1ccc(CNCc2cnccc2C)c1. The molecule has 0 bridgehead atoms. The molecule has 2 aromatic heterocycles. The second-order valence-electron chi connectivity index (χ2n) is 4.66. The number of nitrogens with one attached hydrogen (secondary N) is 1. The van der Waals surface area contributed by atoms with E-state index < -0.39 is 0 Å². The Labute approximate surface area is 109 Å². The van der Waals surface area contributed by atoms with Crippen molar-refractivity contribution in [2.75, 3.05) is 0 Å². The Hall–Kier alpha value is -1.61. The maximum absolute atomic E-state index is 4.16. The van der Waals surface area contributed by atoms with E-state index in [0.29, 0.717) is 0 Å². The second-order valence-corrected chi connectivity index (χ2v) is 4.66. The van der Waals surface area contributed by atoms with Crippen LogP contribution in [0.3, 0.4) is 0 Å². The molecule has 0 saturated heterocycles. The molecule has 3 nitrogen and oxygen atoms in total. The third kappa shape index (κ3) is 3.44. The van der Waals surface area contributed by atoms with Crippen molar-refractivity contribution in [3.05, 3.63) is 53.6 Å². The molecule has 1 N–H and O–H groups in total. The van der Waals surface area contributed by atoms with Gasteiger partial charge in [-0.05, 0) is 42.2 Å². The first-order chi connectivity index (χ1) is 8.79. The van der Waals surface area contributed by atoms with E-state index >= 15 is 0 Å². The fraction of sp³-hybridized carbons (Fsp3) is 0.400. The molecule has 2 heterocycles. The van der Waals surface area contributed by atoms with E-state index in [4.69, 9.17) is 0 Å². The Balaban J connectivity index is 1.83. The predicted molar refractivity (Wildman–Crippen MR) is 74.2 cm³/mol. The monoisotopic (exact) mass is 243 g/mol. The number of pyridine rings is 1. The van der Waals surface area contributed by atoms with Gasteiger partial charge in [-0.1, -0.05) is 6.92 Å². The quantitative estimate of drug-likeness (QED) is 0.845. The summed E-state index contributed by atoms with van der Waals surface area (Å²) < 4.78 is 2.24. The number of hydrogen-bond donors (Lipinski definition) is 1. The van der Waals surface area contributed by atoms with E-state index in [1.54, 1.807) is 0 Å². The third-order valence-corrected chi connectivity index (χ3v) is 3.09. The molecule has 2 rings (SSSR count). The second kappa shape index (κ2) is 6.36. The average Bonchev–Trinajstić information content (AvgIpc) is 2.80. The Kier molecular flexibility index (Phi) is 4.53. The van der Waals surface area contributed by atoms with Gasteiger partial charge in [0.25, 0.3) is 0 Å². The molecule has 0 spiro atoms. The summed E-state index contributed by atoms with van der Waals surface area (Å²) in [6, 6.07) is 4.23. The molecule has 96 valence electrons. The van der Waals surface area contributed by atoms with Crippen molar-refractivity contribution in [2.24, 2.45) is 0 Å². The summed E-state index contributed by atoms with van der Waals surface area (Å²) in [7, 11) is 0. The predicted octanol–water partition coefficient (Wildman–Crippen LogP) is 2.89. The lowest BCUT2D eigenvalue weighted by atomic mass is 10.1. The summed E-state index contributed by atoms with van der Waals surface area (Å²) in [6.07, 6.45) is 9.31. The molecule has 0 aromatic carbocycles. The van der Waals surface area contributed by atoms with Gasteiger partial charge >= 0.3 is 0 Å².